The zero-order chi connectivity index (χ0) is 11.5. The van der Waals surface area contributed by atoms with E-state index in [0.29, 0.717) is 11.8 Å². The molecule has 1 aliphatic heterocycles. The van der Waals surface area contributed by atoms with Gasteiger partial charge in [-0.2, -0.15) is 0 Å². The van der Waals surface area contributed by atoms with Crippen LogP contribution in [-0.2, 0) is 11.3 Å². The van der Waals surface area contributed by atoms with Crippen molar-refractivity contribution in [2.24, 2.45) is 0 Å². The molecule has 1 aliphatic rings. The molecule has 2 atom stereocenters. The summed E-state index contributed by atoms with van der Waals surface area (Å²) in [6.07, 6.45) is 2.15. The summed E-state index contributed by atoms with van der Waals surface area (Å²) in [5, 5.41) is 0. The van der Waals surface area contributed by atoms with Gasteiger partial charge in [0.05, 0.1) is 6.04 Å². The van der Waals surface area contributed by atoms with E-state index in [1.807, 2.05) is 6.07 Å². The third-order valence-corrected chi connectivity index (χ3v) is 3.50. The minimum Gasteiger partial charge on any atom is -0.298 e. The van der Waals surface area contributed by atoms with Crippen molar-refractivity contribution in [1.29, 1.82) is 0 Å². The van der Waals surface area contributed by atoms with Crippen LogP contribution in [0.2, 0.25) is 0 Å². The number of rotatable bonds is 3. The number of carbonyl (C=O) groups excluding carboxylic acids is 1. The van der Waals surface area contributed by atoms with E-state index in [4.69, 9.17) is 0 Å². The fraction of sp³-hybridized carbons (Fsp3) is 0.500. The molecule has 0 radical (unpaired) electrons. The molecular formula is C14H19NO. The number of likely N-dealkylation sites (tertiary alicyclic amines) is 1. The second-order valence-electron chi connectivity index (χ2n) is 4.71. The van der Waals surface area contributed by atoms with Crippen LogP contribution in [0.25, 0.3) is 0 Å². The highest BCUT2D eigenvalue weighted by Gasteiger charge is 2.33. The molecule has 2 unspecified atom stereocenters. The third kappa shape index (κ3) is 2.33. The predicted octanol–water partition coefficient (Wildman–Crippen LogP) is 2.63. The third-order valence-electron chi connectivity index (χ3n) is 3.50. The Bertz CT molecular complexity index is 360. The summed E-state index contributed by atoms with van der Waals surface area (Å²) >= 11 is 0. The molecule has 16 heavy (non-hydrogen) atoms. The summed E-state index contributed by atoms with van der Waals surface area (Å²) in [6, 6.07) is 11.0. The molecular weight excluding hydrogens is 198 g/mol. The van der Waals surface area contributed by atoms with Crippen molar-refractivity contribution in [3.05, 3.63) is 35.9 Å². The number of ketones is 1. The fourth-order valence-electron chi connectivity index (χ4n) is 2.53. The SMILES string of the molecule is CC(=O)C1CCC(C)N1Cc1ccccc1. The Morgan fingerprint density at radius 1 is 1.31 bits per heavy atom. The van der Waals surface area contributed by atoms with Crippen LogP contribution < -0.4 is 0 Å². The highest BCUT2D eigenvalue weighted by molar-refractivity contribution is 5.81. The van der Waals surface area contributed by atoms with Gasteiger partial charge >= 0.3 is 0 Å². The molecule has 0 spiro atoms. The number of Topliss-reactive ketones (excluding diaryl/α,β-unsaturated/α-hetero) is 1. The molecule has 1 aromatic rings. The maximum absolute atomic E-state index is 11.6. The van der Waals surface area contributed by atoms with Gasteiger partial charge in [0.25, 0.3) is 0 Å². The zero-order valence-electron chi connectivity index (χ0n) is 10.0. The van der Waals surface area contributed by atoms with Crippen molar-refractivity contribution in [2.75, 3.05) is 0 Å². The Balaban J connectivity index is 2.10. The molecule has 2 rings (SSSR count). The first-order valence-corrected chi connectivity index (χ1v) is 5.98. The summed E-state index contributed by atoms with van der Waals surface area (Å²) in [4.78, 5) is 13.9. The molecule has 0 N–H and O–H groups in total. The monoisotopic (exact) mass is 217 g/mol. The van der Waals surface area contributed by atoms with Crippen molar-refractivity contribution < 1.29 is 4.79 Å². The quantitative estimate of drug-likeness (QED) is 0.775. The first kappa shape index (κ1) is 11.3. The highest BCUT2D eigenvalue weighted by atomic mass is 16.1. The summed E-state index contributed by atoms with van der Waals surface area (Å²) < 4.78 is 0. The molecule has 0 aliphatic carbocycles. The van der Waals surface area contributed by atoms with Crippen LogP contribution in [-0.4, -0.2) is 22.8 Å². The normalized spacial score (nSPS) is 25.9. The summed E-state index contributed by atoms with van der Waals surface area (Å²) in [7, 11) is 0. The summed E-state index contributed by atoms with van der Waals surface area (Å²) in [6.45, 7) is 4.82. The van der Waals surface area contributed by atoms with E-state index in [1.165, 1.54) is 5.56 Å². The number of carbonyl (C=O) groups is 1. The molecule has 2 heteroatoms. The maximum Gasteiger partial charge on any atom is 0.146 e. The van der Waals surface area contributed by atoms with E-state index >= 15 is 0 Å². The molecule has 1 aromatic carbocycles. The largest absolute Gasteiger partial charge is 0.298 e. The number of hydrogen-bond acceptors (Lipinski definition) is 2. The predicted molar refractivity (Wildman–Crippen MR) is 65.2 cm³/mol. The maximum atomic E-state index is 11.6. The Kier molecular flexibility index (Phi) is 3.39. The van der Waals surface area contributed by atoms with Crippen LogP contribution in [0.3, 0.4) is 0 Å². The first-order chi connectivity index (χ1) is 7.68. The molecule has 0 saturated carbocycles. The van der Waals surface area contributed by atoms with Gasteiger partial charge in [-0.25, -0.2) is 0 Å². The Morgan fingerprint density at radius 3 is 2.62 bits per heavy atom. The fourth-order valence-corrected chi connectivity index (χ4v) is 2.53. The topological polar surface area (TPSA) is 20.3 Å². The van der Waals surface area contributed by atoms with Gasteiger partial charge in [0.15, 0.2) is 0 Å². The number of nitrogens with zero attached hydrogens (tertiary/aromatic N) is 1. The summed E-state index contributed by atoms with van der Waals surface area (Å²) in [5.41, 5.74) is 1.29. The molecule has 1 fully saturated rings. The van der Waals surface area contributed by atoms with Gasteiger partial charge in [-0.15, -0.1) is 0 Å². The lowest BCUT2D eigenvalue weighted by Gasteiger charge is -2.26. The van der Waals surface area contributed by atoms with Gasteiger partial charge in [-0.1, -0.05) is 30.3 Å². The minimum atomic E-state index is 0.134. The summed E-state index contributed by atoms with van der Waals surface area (Å²) in [5.74, 6) is 0.306. The smallest absolute Gasteiger partial charge is 0.146 e. The van der Waals surface area contributed by atoms with Gasteiger partial charge in [-0.3, -0.25) is 9.69 Å². The molecule has 1 saturated heterocycles. The molecule has 0 aromatic heterocycles. The van der Waals surface area contributed by atoms with Crippen molar-refractivity contribution in [3.8, 4) is 0 Å². The lowest BCUT2D eigenvalue weighted by molar-refractivity contribution is -0.121. The van der Waals surface area contributed by atoms with Crippen molar-refractivity contribution >= 4 is 5.78 Å². The standard InChI is InChI=1S/C14H19NO/c1-11-8-9-14(12(2)16)15(11)10-13-6-4-3-5-7-13/h3-7,11,14H,8-10H2,1-2H3. The molecule has 0 amide bonds. The van der Waals surface area contributed by atoms with E-state index < -0.39 is 0 Å². The van der Waals surface area contributed by atoms with E-state index in [2.05, 4.69) is 36.1 Å². The Labute approximate surface area is 97.3 Å². The molecule has 86 valence electrons. The van der Waals surface area contributed by atoms with Crippen molar-refractivity contribution in [2.45, 2.75) is 45.3 Å². The average molecular weight is 217 g/mol. The minimum absolute atomic E-state index is 0.134. The van der Waals surface area contributed by atoms with E-state index in [9.17, 15) is 4.79 Å². The lowest BCUT2D eigenvalue weighted by Crippen LogP contribution is -2.38. The van der Waals surface area contributed by atoms with Crippen LogP contribution in [0.5, 0.6) is 0 Å². The number of benzene rings is 1. The van der Waals surface area contributed by atoms with Crippen molar-refractivity contribution in [3.63, 3.8) is 0 Å². The van der Waals surface area contributed by atoms with Crippen LogP contribution >= 0.6 is 0 Å². The van der Waals surface area contributed by atoms with Crippen LogP contribution in [0.4, 0.5) is 0 Å². The van der Waals surface area contributed by atoms with Crippen LogP contribution in [0.15, 0.2) is 30.3 Å². The van der Waals surface area contributed by atoms with Gasteiger partial charge in [0, 0.05) is 12.6 Å². The van der Waals surface area contributed by atoms with E-state index in [-0.39, 0.29) is 6.04 Å². The Morgan fingerprint density at radius 2 is 2.00 bits per heavy atom. The zero-order valence-corrected chi connectivity index (χ0v) is 10.0. The van der Waals surface area contributed by atoms with Gasteiger partial charge in [0.1, 0.15) is 5.78 Å². The molecule has 2 nitrogen and oxygen atoms in total. The van der Waals surface area contributed by atoms with Gasteiger partial charge in [0.2, 0.25) is 0 Å². The van der Waals surface area contributed by atoms with Gasteiger partial charge in [-0.05, 0) is 32.3 Å². The Hall–Kier alpha value is -1.15. The molecule has 1 heterocycles. The van der Waals surface area contributed by atoms with Crippen LogP contribution in [0.1, 0.15) is 32.3 Å². The average Bonchev–Trinajstić information content (AvgIpc) is 2.62. The second-order valence-corrected chi connectivity index (χ2v) is 4.71. The highest BCUT2D eigenvalue weighted by Crippen LogP contribution is 2.26. The second kappa shape index (κ2) is 4.79. The molecule has 0 bridgehead atoms. The lowest BCUT2D eigenvalue weighted by atomic mass is 10.1. The van der Waals surface area contributed by atoms with Crippen LogP contribution in [0, 0.1) is 0 Å². The van der Waals surface area contributed by atoms with Gasteiger partial charge < -0.3 is 0 Å². The van der Waals surface area contributed by atoms with Crippen molar-refractivity contribution in [1.82, 2.24) is 4.90 Å². The number of hydrogen-bond donors (Lipinski definition) is 0. The van der Waals surface area contributed by atoms with E-state index in [1.54, 1.807) is 6.92 Å². The van der Waals surface area contributed by atoms with E-state index in [0.717, 1.165) is 19.4 Å². The first-order valence-electron chi connectivity index (χ1n) is 5.98.